The van der Waals surface area contributed by atoms with Crippen LogP contribution in [-0.4, -0.2) is 16.0 Å². The number of hydrogen-bond acceptors (Lipinski definition) is 3. The van der Waals surface area contributed by atoms with E-state index in [0.29, 0.717) is 12.1 Å². The third kappa shape index (κ3) is 1.79. The SMILES string of the molecule is Cc1cc(C(C)(C)C)c(O)c2c1CC/C2=N/O. The van der Waals surface area contributed by atoms with Crippen LogP contribution < -0.4 is 0 Å². The summed E-state index contributed by atoms with van der Waals surface area (Å²) >= 11 is 0. The van der Waals surface area contributed by atoms with Gasteiger partial charge in [0.15, 0.2) is 0 Å². The topological polar surface area (TPSA) is 52.8 Å². The van der Waals surface area contributed by atoms with Gasteiger partial charge in [-0.15, -0.1) is 0 Å². The Morgan fingerprint density at radius 2 is 1.88 bits per heavy atom. The molecule has 0 fully saturated rings. The van der Waals surface area contributed by atoms with Crippen LogP contribution in [0.1, 0.15) is 49.4 Å². The maximum atomic E-state index is 10.4. The summed E-state index contributed by atoms with van der Waals surface area (Å²) in [6.07, 6.45) is 1.55. The van der Waals surface area contributed by atoms with Crippen molar-refractivity contribution < 1.29 is 10.3 Å². The van der Waals surface area contributed by atoms with E-state index < -0.39 is 0 Å². The van der Waals surface area contributed by atoms with E-state index in [1.54, 1.807) is 0 Å². The second kappa shape index (κ2) is 3.76. The summed E-state index contributed by atoms with van der Waals surface area (Å²) in [4.78, 5) is 0. The van der Waals surface area contributed by atoms with Gasteiger partial charge in [0.05, 0.1) is 5.71 Å². The lowest BCUT2D eigenvalue weighted by atomic mass is 9.83. The number of phenols is 1. The molecule has 1 aromatic rings. The molecule has 0 amide bonds. The van der Waals surface area contributed by atoms with Crippen LogP contribution in [0.15, 0.2) is 11.2 Å². The lowest BCUT2D eigenvalue weighted by molar-refractivity contribution is 0.318. The predicted molar refractivity (Wildman–Crippen MR) is 68.2 cm³/mol. The number of nitrogens with zero attached hydrogens (tertiary/aromatic N) is 1. The molecule has 0 bridgehead atoms. The molecule has 17 heavy (non-hydrogen) atoms. The Hall–Kier alpha value is -1.51. The van der Waals surface area contributed by atoms with Crippen LogP contribution in [0.2, 0.25) is 0 Å². The number of phenolic OH excluding ortho intramolecular Hbond substituents is 1. The molecule has 0 atom stereocenters. The molecule has 0 unspecified atom stereocenters. The molecule has 2 N–H and O–H groups in total. The van der Waals surface area contributed by atoms with E-state index in [0.717, 1.165) is 23.1 Å². The number of benzene rings is 1. The highest BCUT2D eigenvalue weighted by molar-refractivity contribution is 6.07. The van der Waals surface area contributed by atoms with Gasteiger partial charge in [0.25, 0.3) is 0 Å². The molecule has 0 saturated carbocycles. The quantitative estimate of drug-likeness (QED) is 0.534. The fourth-order valence-corrected chi connectivity index (χ4v) is 2.52. The van der Waals surface area contributed by atoms with Gasteiger partial charge < -0.3 is 10.3 Å². The summed E-state index contributed by atoms with van der Waals surface area (Å²) < 4.78 is 0. The average Bonchev–Trinajstić information content (AvgIpc) is 2.66. The lowest BCUT2D eigenvalue weighted by Gasteiger charge is -2.23. The predicted octanol–water partition coefficient (Wildman–Crippen LogP) is 3.12. The van der Waals surface area contributed by atoms with Crippen molar-refractivity contribution in [3.63, 3.8) is 0 Å². The van der Waals surface area contributed by atoms with Crippen LogP contribution in [-0.2, 0) is 11.8 Å². The van der Waals surface area contributed by atoms with Crippen molar-refractivity contribution in [2.24, 2.45) is 5.16 Å². The van der Waals surface area contributed by atoms with Crippen LogP contribution in [0.3, 0.4) is 0 Å². The zero-order valence-corrected chi connectivity index (χ0v) is 10.8. The van der Waals surface area contributed by atoms with E-state index in [-0.39, 0.29) is 11.2 Å². The van der Waals surface area contributed by atoms with Gasteiger partial charge in [-0.05, 0) is 36.3 Å². The standard InChI is InChI=1S/C14H19NO2/c1-8-7-10(14(2,3)4)13(16)12-9(8)5-6-11(12)15-17/h7,16-17H,5-6H2,1-4H3/b15-11-. The monoisotopic (exact) mass is 233 g/mol. The van der Waals surface area contributed by atoms with Crippen molar-refractivity contribution >= 4 is 5.71 Å². The molecule has 0 aromatic heterocycles. The summed E-state index contributed by atoms with van der Waals surface area (Å²) in [5.41, 5.74) is 4.43. The Morgan fingerprint density at radius 1 is 1.24 bits per heavy atom. The third-order valence-corrected chi connectivity index (χ3v) is 3.46. The van der Waals surface area contributed by atoms with Gasteiger partial charge in [0.1, 0.15) is 5.75 Å². The van der Waals surface area contributed by atoms with Crippen LogP contribution in [0, 0.1) is 6.92 Å². The minimum atomic E-state index is -0.118. The molecule has 3 heteroatoms. The first-order valence-corrected chi connectivity index (χ1v) is 5.93. The molecule has 1 aromatic carbocycles. The highest BCUT2D eigenvalue weighted by Crippen LogP contribution is 2.40. The van der Waals surface area contributed by atoms with Crippen molar-refractivity contribution in [2.45, 2.75) is 46.0 Å². The zero-order valence-electron chi connectivity index (χ0n) is 10.8. The molecular weight excluding hydrogens is 214 g/mol. The zero-order chi connectivity index (χ0) is 12.8. The Kier molecular flexibility index (Phi) is 2.64. The maximum Gasteiger partial charge on any atom is 0.128 e. The molecular formula is C14H19NO2. The van der Waals surface area contributed by atoms with Crippen LogP contribution >= 0.6 is 0 Å². The maximum absolute atomic E-state index is 10.4. The molecule has 0 aliphatic heterocycles. The molecule has 0 radical (unpaired) electrons. The summed E-state index contributed by atoms with van der Waals surface area (Å²) in [5, 5.41) is 22.7. The van der Waals surface area contributed by atoms with Gasteiger partial charge >= 0.3 is 0 Å². The van der Waals surface area contributed by atoms with E-state index in [2.05, 4.69) is 32.0 Å². The highest BCUT2D eigenvalue weighted by Gasteiger charge is 2.29. The number of fused-ring (bicyclic) bond motifs is 1. The van der Waals surface area contributed by atoms with E-state index in [4.69, 9.17) is 5.21 Å². The molecule has 1 aliphatic carbocycles. The van der Waals surface area contributed by atoms with Crippen molar-refractivity contribution in [3.05, 3.63) is 28.3 Å². The summed E-state index contributed by atoms with van der Waals surface area (Å²) in [6.45, 7) is 8.25. The Balaban J connectivity index is 2.74. The van der Waals surface area contributed by atoms with Crippen molar-refractivity contribution in [3.8, 4) is 5.75 Å². The lowest BCUT2D eigenvalue weighted by Crippen LogP contribution is -2.13. The summed E-state index contributed by atoms with van der Waals surface area (Å²) in [5.74, 6) is 0.281. The number of oxime groups is 1. The van der Waals surface area contributed by atoms with Gasteiger partial charge in [-0.2, -0.15) is 0 Å². The van der Waals surface area contributed by atoms with E-state index in [1.165, 1.54) is 5.56 Å². The van der Waals surface area contributed by atoms with Gasteiger partial charge in [-0.3, -0.25) is 0 Å². The summed E-state index contributed by atoms with van der Waals surface area (Å²) in [7, 11) is 0. The number of rotatable bonds is 0. The minimum absolute atomic E-state index is 0.118. The highest BCUT2D eigenvalue weighted by atomic mass is 16.4. The van der Waals surface area contributed by atoms with E-state index in [1.807, 2.05) is 6.92 Å². The number of aromatic hydroxyl groups is 1. The second-order valence-electron chi connectivity index (χ2n) is 5.74. The average molecular weight is 233 g/mol. The first kappa shape index (κ1) is 12.0. The first-order valence-electron chi connectivity index (χ1n) is 5.93. The molecule has 0 heterocycles. The second-order valence-corrected chi connectivity index (χ2v) is 5.74. The largest absolute Gasteiger partial charge is 0.507 e. The molecule has 1 aliphatic rings. The van der Waals surface area contributed by atoms with E-state index in [9.17, 15) is 5.11 Å². The molecule has 3 nitrogen and oxygen atoms in total. The third-order valence-electron chi connectivity index (χ3n) is 3.46. The first-order chi connectivity index (χ1) is 7.86. The fourth-order valence-electron chi connectivity index (χ4n) is 2.52. The van der Waals surface area contributed by atoms with Gasteiger partial charge in [0, 0.05) is 11.1 Å². The Bertz CT molecular complexity index is 496. The Labute approximate surface area is 102 Å². The van der Waals surface area contributed by atoms with Gasteiger partial charge in [-0.25, -0.2) is 0 Å². The number of hydrogen-bond donors (Lipinski definition) is 2. The Morgan fingerprint density at radius 3 is 2.41 bits per heavy atom. The van der Waals surface area contributed by atoms with Crippen molar-refractivity contribution in [1.29, 1.82) is 0 Å². The minimum Gasteiger partial charge on any atom is -0.507 e. The van der Waals surface area contributed by atoms with Crippen LogP contribution in [0.25, 0.3) is 0 Å². The van der Waals surface area contributed by atoms with Gasteiger partial charge in [-0.1, -0.05) is 32.0 Å². The van der Waals surface area contributed by atoms with Crippen molar-refractivity contribution in [2.75, 3.05) is 0 Å². The fraction of sp³-hybridized carbons (Fsp3) is 0.500. The van der Waals surface area contributed by atoms with Crippen LogP contribution in [0.5, 0.6) is 5.75 Å². The van der Waals surface area contributed by atoms with E-state index >= 15 is 0 Å². The van der Waals surface area contributed by atoms with Crippen molar-refractivity contribution in [1.82, 2.24) is 0 Å². The summed E-state index contributed by atoms with van der Waals surface area (Å²) in [6, 6.07) is 2.05. The molecule has 0 saturated heterocycles. The normalized spacial score (nSPS) is 17.5. The molecule has 2 rings (SSSR count). The smallest absolute Gasteiger partial charge is 0.128 e. The van der Waals surface area contributed by atoms with Gasteiger partial charge in [0.2, 0.25) is 0 Å². The molecule has 0 spiro atoms. The van der Waals surface area contributed by atoms with Crippen LogP contribution in [0.4, 0.5) is 0 Å². The molecule has 92 valence electrons. The number of aryl methyl sites for hydroxylation is 1.